The zero-order valence-corrected chi connectivity index (χ0v) is 16.1. The lowest BCUT2D eigenvalue weighted by atomic mass is 9.98. The molecule has 1 aromatic carbocycles. The summed E-state index contributed by atoms with van der Waals surface area (Å²) < 4.78 is 26.5. The molecule has 126 valence electrons. The van der Waals surface area contributed by atoms with E-state index in [0.717, 1.165) is 23.2 Å². The van der Waals surface area contributed by atoms with Crippen LogP contribution in [0.2, 0.25) is 0 Å². The maximum Gasteiger partial charge on any atom is 0.193 e. The molecule has 0 saturated heterocycles. The lowest BCUT2D eigenvalue weighted by Crippen LogP contribution is -2.23. The average Bonchev–Trinajstić information content (AvgIpc) is 2.89. The van der Waals surface area contributed by atoms with E-state index in [1.54, 1.807) is 0 Å². The van der Waals surface area contributed by atoms with E-state index in [4.69, 9.17) is 5.73 Å². The van der Waals surface area contributed by atoms with Gasteiger partial charge >= 0.3 is 0 Å². The van der Waals surface area contributed by atoms with Crippen molar-refractivity contribution in [2.24, 2.45) is 10.7 Å². The van der Waals surface area contributed by atoms with Gasteiger partial charge in [-0.1, -0.05) is 32.1 Å². The molecule has 23 heavy (non-hydrogen) atoms. The Balaban J connectivity index is 0.00000264. The topological polar surface area (TPSA) is 76.2 Å². The number of guanidine groups is 1. The molecule has 2 aromatic rings. The van der Waals surface area contributed by atoms with Crippen molar-refractivity contribution in [3.05, 3.63) is 39.8 Å². The number of nitrogens with one attached hydrogen (secondary N) is 1. The summed E-state index contributed by atoms with van der Waals surface area (Å²) in [4.78, 5) is 4.06. The number of nitrogens with zero attached hydrogens (tertiary/aromatic N) is 3. The Labute approximate surface area is 154 Å². The monoisotopic (exact) mass is 453 g/mol. The van der Waals surface area contributed by atoms with Crippen LogP contribution in [0.4, 0.5) is 14.5 Å². The molecule has 5 nitrogen and oxygen atoms in total. The molecule has 0 spiro atoms. The largest absolute Gasteiger partial charge is 0.370 e. The van der Waals surface area contributed by atoms with Gasteiger partial charge < -0.3 is 11.1 Å². The van der Waals surface area contributed by atoms with Crippen LogP contribution in [0.15, 0.2) is 23.2 Å². The van der Waals surface area contributed by atoms with Gasteiger partial charge in [-0.05, 0) is 12.1 Å². The van der Waals surface area contributed by atoms with Gasteiger partial charge in [0.05, 0.1) is 12.2 Å². The molecule has 3 N–H and O–H groups in total. The number of rotatable bonds is 3. The first-order valence-corrected chi connectivity index (χ1v) is 7.42. The Morgan fingerprint density at radius 2 is 2.00 bits per heavy atom. The van der Waals surface area contributed by atoms with Crippen LogP contribution in [0.1, 0.15) is 30.8 Å². The van der Waals surface area contributed by atoms with Crippen molar-refractivity contribution in [2.45, 2.75) is 32.7 Å². The third kappa shape index (κ3) is 5.65. The number of aliphatic imine (C=N–C) groups is 1. The Hall–Kier alpha value is -1.36. The van der Waals surface area contributed by atoms with E-state index >= 15 is 0 Å². The quantitative estimate of drug-likeness (QED) is 0.423. The summed E-state index contributed by atoms with van der Waals surface area (Å²) in [6.07, 6.45) is 0. The maximum absolute atomic E-state index is 13.5. The van der Waals surface area contributed by atoms with Crippen LogP contribution < -0.4 is 11.1 Å². The van der Waals surface area contributed by atoms with Crippen LogP contribution in [0.25, 0.3) is 0 Å². The van der Waals surface area contributed by atoms with Gasteiger partial charge in [-0.2, -0.15) is 0 Å². The van der Waals surface area contributed by atoms with Crippen LogP contribution in [-0.4, -0.2) is 16.2 Å². The second-order valence-corrected chi connectivity index (χ2v) is 6.76. The standard InChI is InChI=1S/C14H17F2N5S.HI/c1-14(2,3)12-21-20-11(22-12)7-18-13(17)19-10-6-8(15)4-5-9(10)16;/h4-6H,7H2,1-3H3,(H3,17,18,19);1H. The Bertz CT molecular complexity index is 697. The van der Waals surface area contributed by atoms with Crippen molar-refractivity contribution in [3.63, 3.8) is 0 Å². The maximum atomic E-state index is 13.5. The van der Waals surface area contributed by atoms with Crippen molar-refractivity contribution in [1.82, 2.24) is 10.2 Å². The smallest absolute Gasteiger partial charge is 0.193 e. The van der Waals surface area contributed by atoms with Crippen molar-refractivity contribution in [3.8, 4) is 0 Å². The molecule has 1 heterocycles. The third-order valence-corrected chi connectivity index (χ3v) is 4.02. The summed E-state index contributed by atoms with van der Waals surface area (Å²) in [5.41, 5.74) is 5.53. The van der Waals surface area contributed by atoms with Crippen molar-refractivity contribution in [2.75, 3.05) is 5.32 Å². The molecule has 0 amide bonds. The minimum Gasteiger partial charge on any atom is -0.370 e. The predicted octanol–water partition coefficient (Wildman–Crippen LogP) is 3.66. The van der Waals surface area contributed by atoms with Crippen molar-refractivity contribution < 1.29 is 8.78 Å². The second-order valence-electron chi connectivity index (χ2n) is 5.70. The van der Waals surface area contributed by atoms with Crippen LogP contribution in [-0.2, 0) is 12.0 Å². The highest BCUT2D eigenvalue weighted by molar-refractivity contribution is 14.0. The van der Waals surface area contributed by atoms with E-state index in [0.29, 0.717) is 5.01 Å². The molecule has 0 aliphatic rings. The molecular weight excluding hydrogens is 435 g/mol. The lowest BCUT2D eigenvalue weighted by Gasteiger charge is -2.12. The zero-order chi connectivity index (χ0) is 16.3. The van der Waals surface area contributed by atoms with Crippen LogP contribution in [0.5, 0.6) is 0 Å². The number of nitrogens with two attached hydrogens (primary N) is 1. The van der Waals surface area contributed by atoms with Crippen LogP contribution in [0, 0.1) is 11.6 Å². The summed E-state index contributed by atoms with van der Waals surface area (Å²) in [6.45, 7) is 6.36. The first-order chi connectivity index (χ1) is 10.3. The number of aromatic nitrogens is 2. The number of anilines is 1. The molecule has 1 aromatic heterocycles. The molecule has 0 bridgehead atoms. The minimum absolute atomic E-state index is 0. The van der Waals surface area contributed by atoms with Crippen LogP contribution in [0.3, 0.4) is 0 Å². The van der Waals surface area contributed by atoms with E-state index in [1.807, 2.05) is 20.8 Å². The average molecular weight is 453 g/mol. The van der Waals surface area contributed by atoms with Crippen molar-refractivity contribution in [1.29, 1.82) is 0 Å². The summed E-state index contributed by atoms with van der Waals surface area (Å²) in [6, 6.07) is 3.06. The highest BCUT2D eigenvalue weighted by Crippen LogP contribution is 2.25. The van der Waals surface area contributed by atoms with Gasteiger partial charge in [0, 0.05) is 11.5 Å². The molecule has 0 atom stereocenters. The zero-order valence-electron chi connectivity index (χ0n) is 12.9. The van der Waals surface area contributed by atoms with Crippen LogP contribution >= 0.6 is 35.3 Å². The molecule has 9 heteroatoms. The van der Waals surface area contributed by atoms with E-state index < -0.39 is 11.6 Å². The molecule has 0 aliphatic heterocycles. The number of halogens is 3. The molecule has 0 aliphatic carbocycles. The SMILES string of the molecule is CC(C)(C)c1nnc(CN=C(N)Nc2cc(F)ccc2F)s1.I. The van der Waals surface area contributed by atoms with E-state index in [9.17, 15) is 8.78 Å². The summed E-state index contributed by atoms with van der Waals surface area (Å²) in [7, 11) is 0. The van der Waals surface area contributed by atoms with Gasteiger partial charge in [0.1, 0.15) is 21.6 Å². The molecule has 2 rings (SSSR count). The van der Waals surface area contributed by atoms with Gasteiger partial charge in [0.25, 0.3) is 0 Å². The first-order valence-electron chi connectivity index (χ1n) is 6.60. The highest BCUT2D eigenvalue weighted by atomic mass is 127. The Kier molecular flexibility index (Phi) is 6.81. The van der Waals surface area contributed by atoms with E-state index in [-0.39, 0.29) is 47.6 Å². The fraction of sp³-hybridized carbons (Fsp3) is 0.357. The summed E-state index contributed by atoms with van der Waals surface area (Å²) in [5, 5.41) is 12.3. The van der Waals surface area contributed by atoms with Gasteiger partial charge in [0.2, 0.25) is 0 Å². The van der Waals surface area contributed by atoms with Gasteiger partial charge in [0.15, 0.2) is 5.96 Å². The Morgan fingerprint density at radius 1 is 1.30 bits per heavy atom. The molecule has 0 unspecified atom stereocenters. The number of hydrogen-bond donors (Lipinski definition) is 2. The van der Waals surface area contributed by atoms with Gasteiger partial charge in [-0.15, -0.1) is 34.2 Å². The summed E-state index contributed by atoms with van der Waals surface area (Å²) >= 11 is 1.45. The lowest BCUT2D eigenvalue weighted by molar-refractivity contribution is 0.577. The fourth-order valence-corrected chi connectivity index (χ4v) is 2.37. The number of benzene rings is 1. The first kappa shape index (κ1) is 19.7. The van der Waals surface area contributed by atoms with E-state index in [2.05, 4.69) is 20.5 Å². The third-order valence-electron chi connectivity index (χ3n) is 2.68. The minimum atomic E-state index is -0.606. The molecule has 0 radical (unpaired) electrons. The van der Waals surface area contributed by atoms with Gasteiger partial charge in [-0.25, -0.2) is 13.8 Å². The van der Waals surface area contributed by atoms with Gasteiger partial charge in [-0.3, -0.25) is 0 Å². The molecular formula is C14H18F2IN5S. The molecule has 0 saturated carbocycles. The second kappa shape index (κ2) is 7.95. The normalized spacial score (nSPS) is 12.0. The Morgan fingerprint density at radius 3 is 2.61 bits per heavy atom. The predicted molar refractivity (Wildman–Crippen MR) is 99.3 cm³/mol. The fourth-order valence-electron chi connectivity index (χ4n) is 1.54. The van der Waals surface area contributed by atoms with E-state index in [1.165, 1.54) is 11.3 Å². The van der Waals surface area contributed by atoms with Crippen molar-refractivity contribution >= 4 is 47.0 Å². The summed E-state index contributed by atoms with van der Waals surface area (Å²) in [5.74, 6) is -1.18. The number of hydrogen-bond acceptors (Lipinski definition) is 4. The highest BCUT2D eigenvalue weighted by Gasteiger charge is 2.19. The molecule has 0 fully saturated rings.